The van der Waals surface area contributed by atoms with Crippen LogP contribution in [0.1, 0.15) is 0 Å². The molecule has 21 aromatic rings. The molecule has 0 fully saturated rings. The van der Waals surface area contributed by atoms with Crippen LogP contribution in [0.25, 0.3) is 184 Å². The van der Waals surface area contributed by atoms with E-state index in [1.165, 1.54) is 0 Å². The smallest absolute Gasteiger partial charge is 0.423 e. The van der Waals surface area contributed by atoms with Crippen LogP contribution >= 0.6 is 0 Å². The lowest BCUT2D eigenvalue weighted by Crippen LogP contribution is -2.31. The Balaban J connectivity index is 0.000000119. The Labute approximate surface area is 691 Å². The SMILES string of the molecule is OB(O)c1cccc2c3ccccc3n(-c3ccc(-c4cc(-c5ccccc5)nc(-c5ccccc5)n4)cc3)c12.OB(O)c1cccc2c3ccccc3n(-c3ccc(-c4cc(-c5ccccn5)nc(-c5ccccn5)c4)cc3)c12.OB(O)c1cccc2c3ccccc3n(-c3ccc(-c4nc(-c5ccccc5)cc(-c5ccccc5)n4)cc3)c12. The summed E-state index contributed by atoms with van der Waals surface area (Å²) >= 11 is 0. The third-order valence-corrected chi connectivity index (χ3v) is 21.6. The summed E-state index contributed by atoms with van der Waals surface area (Å²) in [6.07, 6.45) is 3.53. The molecule has 8 aromatic heterocycles. The topological polar surface area (TPSA) is 226 Å². The number of pyridine rings is 3. The zero-order valence-corrected chi connectivity index (χ0v) is 64.4. The summed E-state index contributed by atoms with van der Waals surface area (Å²) in [5.74, 6) is 1.31. The van der Waals surface area contributed by atoms with Crippen LogP contribution in [0.4, 0.5) is 0 Å². The van der Waals surface area contributed by atoms with E-state index in [-0.39, 0.29) is 0 Å². The molecule has 0 aliphatic heterocycles. The van der Waals surface area contributed by atoms with E-state index in [0.29, 0.717) is 28.0 Å². The first-order chi connectivity index (χ1) is 59.0. The highest BCUT2D eigenvalue weighted by molar-refractivity contribution is 6.63. The third kappa shape index (κ3) is 14.6. The fourth-order valence-electron chi connectivity index (χ4n) is 16.1. The Kier molecular flexibility index (Phi) is 20.5. The summed E-state index contributed by atoms with van der Waals surface area (Å²) in [7, 11) is -4.76. The molecule has 19 heteroatoms. The molecule has 0 aliphatic carbocycles. The zero-order valence-electron chi connectivity index (χ0n) is 64.4. The van der Waals surface area contributed by atoms with Crippen molar-refractivity contribution in [1.82, 2.24) is 48.6 Å². The van der Waals surface area contributed by atoms with E-state index in [1.54, 1.807) is 30.6 Å². The summed E-state index contributed by atoms with van der Waals surface area (Å²) < 4.78 is 6.27. The minimum absolute atomic E-state index is 0.462. The van der Waals surface area contributed by atoms with Crippen LogP contribution in [0.2, 0.25) is 0 Å². The Morgan fingerprint density at radius 1 is 0.192 bits per heavy atom. The fourth-order valence-corrected chi connectivity index (χ4v) is 16.1. The quantitative estimate of drug-likeness (QED) is 0.0526. The first-order valence-electron chi connectivity index (χ1n) is 39.3. The molecule has 8 heterocycles. The summed E-state index contributed by atoms with van der Waals surface area (Å²) in [6, 6.07) is 126. The molecule has 0 spiro atoms. The molecule has 0 saturated heterocycles. The van der Waals surface area contributed by atoms with Crippen LogP contribution in [-0.2, 0) is 0 Å². The number of para-hydroxylation sites is 6. The van der Waals surface area contributed by atoms with Gasteiger partial charge in [-0.1, -0.05) is 267 Å². The lowest BCUT2D eigenvalue weighted by Gasteiger charge is -2.13. The number of hydrogen-bond acceptors (Lipinski definition) is 13. The number of hydrogen-bond donors (Lipinski definition) is 6. The standard InChI is InChI=1S/2C34H24BN3O2.C33H23BN4O2/c39-35(40)29-16-9-15-28-27-14-7-8-17-32(27)38(33(28)29)26-20-18-24(19-21-26)31-22-30(23-10-3-1-4-11-23)36-34(37-31)25-12-5-2-6-13-25;39-35(40)29-16-9-15-28-27-14-7-8-17-32(27)38(33(28)29)26-20-18-25(19-21-26)34-36-30(23-10-3-1-4-11-23)22-31(37-34)24-12-5-2-6-13-24;39-34(40)27-10-7-9-26-25-8-1-2-13-32(25)38(33(26)27)24-16-14-22(15-17-24)23-20-30(28-11-3-5-18-35-28)37-31(21-23)29-12-4-6-19-36-29/h2*1-22,39-40H;1-21,39-40H. The maximum atomic E-state index is 10.2. The summed E-state index contributed by atoms with van der Waals surface area (Å²) in [5.41, 5.74) is 23.9. The average Bonchev–Trinajstić information content (AvgIpc) is 1.60. The molecular weight excluding hydrogens is 1480 g/mol. The largest absolute Gasteiger partial charge is 0.490 e. The van der Waals surface area contributed by atoms with Gasteiger partial charge in [-0.25, -0.2) is 24.9 Å². The van der Waals surface area contributed by atoms with Gasteiger partial charge in [0.2, 0.25) is 0 Å². The Morgan fingerprint density at radius 2 is 0.467 bits per heavy atom. The molecule has 0 radical (unpaired) electrons. The Morgan fingerprint density at radius 3 is 0.792 bits per heavy atom. The van der Waals surface area contributed by atoms with E-state index in [4.69, 9.17) is 24.9 Å². The second-order valence-corrected chi connectivity index (χ2v) is 29.0. The number of aromatic nitrogens is 10. The predicted molar refractivity (Wildman–Crippen MR) is 485 cm³/mol. The molecule has 6 N–H and O–H groups in total. The number of benzene rings is 13. The molecule has 0 aliphatic rings. The summed E-state index contributed by atoms with van der Waals surface area (Å²) in [6.45, 7) is 0. The van der Waals surface area contributed by atoms with Gasteiger partial charge in [0.25, 0.3) is 0 Å². The Bertz CT molecular complexity index is 6430. The maximum Gasteiger partial charge on any atom is 0.490 e. The van der Waals surface area contributed by atoms with Gasteiger partial charge in [-0.3, -0.25) is 9.97 Å². The summed E-state index contributed by atoms with van der Waals surface area (Å²) in [4.78, 5) is 33.6. The first kappa shape index (κ1) is 74.9. The minimum atomic E-state index is -1.59. The van der Waals surface area contributed by atoms with Crippen molar-refractivity contribution in [3.05, 3.63) is 395 Å². The average molecular weight is 1550 g/mol. The minimum Gasteiger partial charge on any atom is -0.423 e. The van der Waals surface area contributed by atoms with Crippen molar-refractivity contribution >= 4 is 103 Å². The molecule has 21 rings (SSSR count). The first-order valence-corrected chi connectivity index (χ1v) is 39.3. The molecule has 13 aromatic carbocycles. The van der Waals surface area contributed by atoms with Crippen LogP contribution in [0.5, 0.6) is 0 Å². The van der Waals surface area contributed by atoms with E-state index in [1.807, 2.05) is 255 Å². The van der Waals surface area contributed by atoms with Gasteiger partial charge in [0.15, 0.2) is 11.6 Å². The van der Waals surface area contributed by atoms with Gasteiger partial charge in [0, 0.05) is 112 Å². The van der Waals surface area contributed by atoms with Crippen molar-refractivity contribution in [2.75, 3.05) is 0 Å². The van der Waals surface area contributed by atoms with Gasteiger partial charge in [-0.15, -0.1) is 0 Å². The summed E-state index contributed by atoms with van der Waals surface area (Å²) in [5, 5.41) is 67.1. The lowest BCUT2D eigenvalue weighted by atomic mass is 9.79. The molecule has 0 saturated carbocycles. The van der Waals surface area contributed by atoms with Gasteiger partial charge in [-0.05, 0) is 126 Å². The number of rotatable bonds is 15. The molecule has 570 valence electrons. The van der Waals surface area contributed by atoms with E-state index < -0.39 is 21.4 Å². The zero-order chi connectivity index (χ0) is 81.2. The van der Waals surface area contributed by atoms with Crippen LogP contribution < -0.4 is 16.4 Å². The fraction of sp³-hybridized carbons (Fsp3) is 0. The second kappa shape index (κ2) is 32.8. The van der Waals surface area contributed by atoms with Crippen molar-refractivity contribution in [3.63, 3.8) is 0 Å². The van der Waals surface area contributed by atoms with E-state index >= 15 is 0 Å². The highest BCUT2D eigenvalue weighted by atomic mass is 16.4. The van der Waals surface area contributed by atoms with Gasteiger partial charge in [0.05, 0.1) is 78.7 Å². The van der Waals surface area contributed by atoms with Crippen molar-refractivity contribution in [2.24, 2.45) is 0 Å². The molecule has 0 bridgehead atoms. The third-order valence-electron chi connectivity index (χ3n) is 21.6. The van der Waals surface area contributed by atoms with Crippen molar-refractivity contribution in [1.29, 1.82) is 0 Å². The Hall–Kier alpha value is -15.2. The highest BCUT2D eigenvalue weighted by Crippen LogP contribution is 2.39. The van der Waals surface area contributed by atoms with Gasteiger partial charge in [-0.2, -0.15) is 0 Å². The van der Waals surface area contributed by atoms with E-state index in [9.17, 15) is 30.1 Å². The van der Waals surface area contributed by atoms with Crippen molar-refractivity contribution in [3.8, 4) is 119 Å². The molecular formula is C101H71B3N10O6. The molecule has 0 atom stereocenters. The normalized spacial score (nSPS) is 11.2. The van der Waals surface area contributed by atoms with Crippen LogP contribution in [-0.4, -0.2) is 100 Å². The number of fused-ring (bicyclic) bond motifs is 9. The lowest BCUT2D eigenvalue weighted by molar-refractivity contribution is 0.425. The highest BCUT2D eigenvalue weighted by Gasteiger charge is 2.26. The second-order valence-electron chi connectivity index (χ2n) is 29.0. The van der Waals surface area contributed by atoms with E-state index in [2.05, 4.69) is 133 Å². The molecule has 0 unspecified atom stereocenters. The molecule has 0 amide bonds. The van der Waals surface area contributed by atoms with Crippen LogP contribution in [0.3, 0.4) is 0 Å². The molecule has 120 heavy (non-hydrogen) atoms. The maximum absolute atomic E-state index is 10.2. The van der Waals surface area contributed by atoms with Gasteiger partial charge >= 0.3 is 21.4 Å². The van der Waals surface area contributed by atoms with Crippen molar-refractivity contribution in [2.45, 2.75) is 0 Å². The van der Waals surface area contributed by atoms with Gasteiger partial charge < -0.3 is 43.8 Å². The van der Waals surface area contributed by atoms with Crippen LogP contribution in [0, 0.1) is 0 Å². The predicted octanol–water partition coefficient (Wildman–Crippen LogP) is 18.2. The van der Waals surface area contributed by atoms with E-state index in [0.717, 1.165) is 173 Å². The van der Waals surface area contributed by atoms with Crippen LogP contribution in [0.15, 0.2) is 395 Å². The van der Waals surface area contributed by atoms with Gasteiger partial charge in [0.1, 0.15) is 0 Å². The van der Waals surface area contributed by atoms with Crippen molar-refractivity contribution < 1.29 is 30.1 Å². The number of nitrogens with zero attached hydrogens (tertiary/aromatic N) is 10. The monoisotopic (exact) mass is 1550 g/mol. The molecule has 16 nitrogen and oxygen atoms in total.